The summed E-state index contributed by atoms with van der Waals surface area (Å²) in [6, 6.07) is 32.6. The topological polar surface area (TPSA) is 35.8 Å². The van der Waals surface area contributed by atoms with Gasteiger partial charge in [0.05, 0.1) is 12.1 Å². The highest BCUT2D eigenvalue weighted by Crippen LogP contribution is 2.42. The summed E-state index contributed by atoms with van der Waals surface area (Å²) in [5.74, 6) is 0. The highest BCUT2D eigenvalue weighted by atomic mass is 14.9. The summed E-state index contributed by atoms with van der Waals surface area (Å²) in [4.78, 5) is 0. The molecule has 0 aliphatic rings. The van der Waals surface area contributed by atoms with Crippen molar-refractivity contribution in [3.05, 3.63) is 115 Å². The van der Waals surface area contributed by atoms with Crippen LogP contribution in [0.5, 0.6) is 0 Å². The van der Waals surface area contributed by atoms with Crippen LogP contribution in [0.3, 0.4) is 0 Å². The number of anilines is 1. The molecule has 0 heterocycles. The molecular weight excluding hydrogens is 316 g/mol. The van der Waals surface area contributed by atoms with E-state index in [4.69, 9.17) is 0 Å². The number of rotatable bonds is 7. The first-order valence-electron chi connectivity index (χ1n) is 8.74. The number of benzene rings is 3. The molecule has 0 unspecified atom stereocenters. The molecule has 2 atom stereocenters. The predicted octanol–water partition coefficient (Wildman–Crippen LogP) is 5.88. The second-order valence-electron chi connectivity index (χ2n) is 6.30. The van der Waals surface area contributed by atoms with Gasteiger partial charge in [-0.3, -0.25) is 0 Å². The fraction of sp³-hybridized carbons (Fsp3) is 0.125. The smallest absolute Gasteiger partial charge is 0.110 e. The Morgan fingerprint density at radius 1 is 0.885 bits per heavy atom. The molecule has 128 valence electrons. The first kappa shape index (κ1) is 17.5. The third-order valence-electron chi connectivity index (χ3n) is 4.67. The van der Waals surface area contributed by atoms with E-state index >= 15 is 0 Å². The summed E-state index contributed by atoms with van der Waals surface area (Å²) in [7, 11) is 0. The lowest BCUT2D eigenvalue weighted by atomic mass is 9.70. The summed E-state index contributed by atoms with van der Waals surface area (Å²) in [6.45, 7) is 3.92. The number of nitrogens with one attached hydrogen (secondary N) is 1. The second kappa shape index (κ2) is 8.18. The minimum Gasteiger partial charge on any atom is -0.376 e. The standard InChI is InChI=1S/C24H22N2/c1-2-18-24(19-25,21-14-8-4-9-15-21)23(20-12-6-3-7-13-20)26-22-16-10-5-11-17-22/h2-17,23,26H,1,18H2/t23-,24+/m0/s1. The molecule has 1 N–H and O–H groups in total. The SMILES string of the molecule is C=CC[C@@](C#N)(c1ccccc1)[C@@H](Nc1ccccc1)c1ccccc1. The molecule has 0 fully saturated rings. The van der Waals surface area contributed by atoms with Gasteiger partial charge in [0.1, 0.15) is 5.41 Å². The zero-order valence-electron chi connectivity index (χ0n) is 14.7. The Kier molecular flexibility index (Phi) is 5.51. The van der Waals surface area contributed by atoms with Gasteiger partial charge in [-0.15, -0.1) is 6.58 Å². The van der Waals surface area contributed by atoms with Crippen LogP contribution >= 0.6 is 0 Å². The molecule has 0 saturated carbocycles. The van der Waals surface area contributed by atoms with E-state index in [0.29, 0.717) is 6.42 Å². The van der Waals surface area contributed by atoms with E-state index in [0.717, 1.165) is 16.8 Å². The van der Waals surface area contributed by atoms with Crippen LogP contribution in [0.15, 0.2) is 104 Å². The Labute approximate surface area is 155 Å². The summed E-state index contributed by atoms with van der Waals surface area (Å²) in [6.07, 6.45) is 2.38. The van der Waals surface area contributed by atoms with Gasteiger partial charge in [-0.2, -0.15) is 5.26 Å². The third kappa shape index (κ3) is 3.53. The van der Waals surface area contributed by atoms with Crippen molar-refractivity contribution in [3.63, 3.8) is 0 Å². The maximum absolute atomic E-state index is 10.3. The molecule has 26 heavy (non-hydrogen) atoms. The zero-order valence-corrected chi connectivity index (χ0v) is 14.7. The lowest BCUT2D eigenvalue weighted by Crippen LogP contribution is -2.36. The van der Waals surface area contributed by atoms with Crippen LogP contribution in [0.4, 0.5) is 5.69 Å². The van der Waals surface area contributed by atoms with Crippen LogP contribution in [-0.2, 0) is 5.41 Å². The van der Waals surface area contributed by atoms with Gasteiger partial charge in [0.25, 0.3) is 0 Å². The van der Waals surface area contributed by atoms with Crippen LogP contribution in [0.1, 0.15) is 23.6 Å². The van der Waals surface area contributed by atoms with Gasteiger partial charge in [-0.1, -0.05) is 84.9 Å². The average Bonchev–Trinajstić information content (AvgIpc) is 2.73. The van der Waals surface area contributed by atoms with Crippen molar-refractivity contribution in [2.45, 2.75) is 17.9 Å². The van der Waals surface area contributed by atoms with E-state index in [1.165, 1.54) is 0 Å². The third-order valence-corrected chi connectivity index (χ3v) is 4.67. The zero-order chi connectivity index (χ0) is 18.2. The first-order valence-corrected chi connectivity index (χ1v) is 8.74. The maximum Gasteiger partial charge on any atom is 0.110 e. The lowest BCUT2D eigenvalue weighted by molar-refractivity contribution is 0.474. The highest BCUT2D eigenvalue weighted by molar-refractivity contribution is 5.50. The van der Waals surface area contributed by atoms with E-state index in [9.17, 15) is 5.26 Å². The van der Waals surface area contributed by atoms with Gasteiger partial charge in [-0.05, 0) is 29.7 Å². The summed E-state index contributed by atoms with van der Waals surface area (Å²) in [5.41, 5.74) is 2.28. The Hall–Kier alpha value is -3.31. The molecule has 2 heteroatoms. The number of hydrogen-bond acceptors (Lipinski definition) is 2. The van der Waals surface area contributed by atoms with Crippen molar-refractivity contribution in [2.24, 2.45) is 0 Å². The minimum absolute atomic E-state index is 0.212. The van der Waals surface area contributed by atoms with Gasteiger partial charge in [0.2, 0.25) is 0 Å². The molecule has 0 bridgehead atoms. The summed E-state index contributed by atoms with van der Waals surface area (Å²) >= 11 is 0. The molecule has 3 aromatic carbocycles. The number of nitrogens with zero attached hydrogens (tertiary/aromatic N) is 1. The molecule has 0 saturated heterocycles. The minimum atomic E-state index is -0.764. The number of hydrogen-bond donors (Lipinski definition) is 1. The van der Waals surface area contributed by atoms with Crippen LogP contribution in [0.25, 0.3) is 0 Å². The van der Waals surface area contributed by atoms with Crippen molar-refractivity contribution < 1.29 is 0 Å². The monoisotopic (exact) mass is 338 g/mol. The Morgan fingerprint density at radius 3 is 1.96 bits per heavy atom. The number of para-hydroxylation sites is 1. The molecule has 3 rings (SSSR count). The number of nitriles is 1. The van der Waals surface area contributed by atoms with Gasteiger partial charge in [0, 0.05) is 5.69 Å². The van der Waals surface area contributed by atoms with E-state index in [2.05, 4.69) is 30.1 Å². The van der Waals surface area contributed by atoms with E-state index < -0.39 is 5.41 Å². The second-order valence-corrected chi connectivity index (χ2v) is 6.30. The highest BCUT2D eigenvalue weighted by Gasteiger charge is 2.41. The maximum atomic E-state index is 10.3. The Bertz CT molecular complexity index is 866. The first-order chi connectivity index (χ1) is 12.8. The van der Waals surface area contributed by atoms with Gasteiger partial charge in [0.15, 0.2) is 0 Å². The quantitative estimate of drug-likeness (QED) is 0.546. The number of allylic oxidation sites excluding steroid dienone is 1. The molecule has 0 aliphatic carbocycles. The van der Waals surface area contributed by atoms with Crippen molar-refractivity contribution in [2.75, 3.05) is 5.32 Å². The van der Waals surface area contributed by atoms with Crippen LogP contribution in [0.2, 0.25) is 0 Å². The Balaban J connectivity index is 2.16. The molecule has 0 aliphatic heterocycles. The van der Waals surface area contributed by atoms with Gasteiger partial charge < -0.3 is 5.32 Å². The lowest BCUT2D eigenvalue weighted by Gasteiger charge is -2.36. The van der Waals surface area contributed by atoms with Crippen LogP contribution < -0.4 is 5.32 Å². The van der Waals surface area contributed by atoms with Gasteiger partial charge >= 0.3 is 0 Å². The molecule has 0 radical (unpaired) electrons. The molecule has 0 amide bonds. The Morgan fingerprint density at radius 2 is 1.42 bits per heavy atom. The fourth-order valence-corrected chi connectivity index (χ4v) is 3.38. The molecule has 0 spiro atoms. The predicted molar refractivity (Wildman–Crippen MR) is 108 cm³/mol. The summed E-state index contributed by atoms with van der Waals surface area (Å²) in [5, 5.41) is 13.9. The van der Waals surface area contributed by atoms with Crippen molar-refractivity contribution in [3.8, 4) is 6.07 Å². The normalized spacial score (nSPS) is 13.8. The molecule has 0 aromatic heterocycles. The largest absolute Gasteiger partial charge is 0.376 e. The van der Waals surface area contributed by atoms with E-state index in [1.54, 1.807) is 0 Å². The van der Waals surface area contributed by atoms with E-state index in [1.807, 2.05) is 84.9 Å². The van der Waals surface area contributed by atoms with Crippen molar-refractivity contribution >= 4 is 5.69 Å². The fourth-order valence-electron chi connectivity index (χ4n) is 3.38. The molecular formula is C24H22N2. The molecule has 3 aromatic rings. The van der Waals surface area contributed by atoms with E-state index in [-0.39, 0.29) is 6.04 Å². The van der Waals surface area contributed by atoms with Crippen molar-refractivity contribution in [1.29, 1.82) is 5.26 Å². The summed E-state index contributed by atoms with van der Waals surface area (Å²) < 4.78 is 0. The van der Waals surface area contributed by atoms with Gasteiger partial charge in [-0.25, -0.2) is 0 Å². The van der Waals surface area contributed by atoms with Crippen LogP contribution in [0, 0.1) is 11.3 Å². The average molecular weight is 338 g/mol. The van der Waals surface area contributed by atoms with Crippen molar-refractivity contribution in [1.82, 2.24) is 0 Å². The van der Waals surface area contributed by atoms with Crippen LogP contribution in [-0.4, -0.2) is 0 Å². The molecule has 2 nitrogen and oxygen atoms in total.